The number of ether oxygens (including phenoxy) is 2. The summed E-state index contributed by atoms with van der Waals surface area (Å²) in [6, 6.07) is 18.0. The van der Waals surface area contributed by atoms with Crippen molar-refractivity contribution in [1.29, 1.82) is 5.26 Å². The van der Waals surface area contributed by atoms with Gasteiger partial charge in [0, 0.05) is 11.8 Å². The maximum Gasteiger partial charge on any atom is 0.336 e. The molecule has 7 heteroatoms. The Bertz CT molecular complexity index is 1110. The number of para-hydroxylation sites is 1. The second kappa shape index (κ2) is 7.76. The Morgan fingerprint density at radius 2 is 1.67 bits per heavy atom. The van der Waals surface area contributed by atoms with Gasteiger partial charge in [0.05, 0.1) is 43.7 Å². The normalized spacial score (nSPS) is 17.0. The number of hydrazine groups is 1. The first-order valence-electron chi connectivity index (χ1n) is 9.33. The average molecular weight is 401 g/mol. The fraction of sp³-hybridized carbons (Fsp3) is 0.174. The maximum atomic E-state index is 12.8. The average Bonchev–Trinajstić information content (AvgIpc) is 3.13. The summed E-state index contributed by atoms with van der Waals surface area (Å²) in [5.41, 5.74) is 3.91. The Hall–Kier alpha value is -4.05. The van der Waals surface area contributed by atoms with Gasteiger partial charge in [0.1, 0.15) is 0 Å². The van der Waals surface area contributed by atoms with Crippen LogP contribution < -0.4 is 5.01 Å². The van der Waals surface area contributed by atoms with Gasteiger partial charge in [-0.1, -0.05) is 42.5 Å². The van der Waals surface area contributed by atoms with Gasteiger partial charge in [-0.15, -0.1) is 0 Å². The minimum atomic E-state index is -0.945. The third-order valence-corrected chi connectivity index (χ3v) is 5.17. The van der Waals surface area contributed by atoms with Gasteiger partial charge >= 0.3 is 11.9 Å². The fourth-order valence-corrected chi connectivity index (χ4v) is 3.86. The summed E-state index contributed by atoms with van der Waals surface area (Å²) in [5.74, 6) is -0.920. The SMILES string of the molecule is COC(=O)CC1=CN2C(=C(C#N)C(C(=O)OC)N2c2ccccc2)c2ccccc21. The molecule has 0 aromatic heterocycles. The predicted octanol–water partition coefficient (Wildman–Crippen LogP) is 3.12. The lowest BCUT2D eigenvalue weighted by Crippen LogP contribution is -2.45. The predicted molar refractivity (Wildman–Crippen MR) is 110 cm³/mol. The Morgan fingerprint density at radius 3 is 2.30 bits per heavy atom. The highest BCUT2D eigenvalue weighted by molar-refractivity contribution is 5.99. The third-order valence-electron chi connectivity index (χ3n) is 5.17. The third kappa shape index (κ3) is 2.99. The number of anilines is 1. The Kier molecular flexibility index (Phi) is 4.98. The molecule has 2 aliphatic heterocycles. The van der Waals surface area contributed by atoms with Crippen LogP contribution in [0.2, 0.25) is 0 Å². The van der Waals surface area contributed by atoms with E-state index < -0.39 is 12.0 Å². The summed E-state index contributed by atoms with van der Waals surface area (Å²) < 4.78 is 9.89. The highest BCUT2D eigenvalue weighted by Gasteiger charge is 2.46. The van der Waals surface area contributed by atoms with Crippen LogP contribution in [0.1, 0.15) is 17.5 Å². The minimum Gasteiger partial charge on any atom is -0.469 e. The van der Waals surface area contributed by atoms with Gasteiger partial charge in [-0.25, -0.2) is 4.79 Å². The van der Waals surface area contributed by atoms with Gasteiger partial charge in [-0.05, 0) is 23.3 Å². The molecule has 0 aliphatic carbocycles. The lowest BCUT2D eigenvalue weighted by atomic mass is 9.91. The smallest absolute Gasteiger partial charge is 0.336 e. The molecule has 0 fully saturated rings. The van der Waals surface area contributed by atoms with Crippen LogP contribution in [0, 0.1) is 11.3 Å². The van der Waals surface area contributed by atoms with Gasteiger partial charge in [0.15, 0.2) is 6.04 Å². The van der Waals surface area contributed by atoms with Crippen molar-refractivity contribution in [2.24, 2.45) is 0 Å². The van der Waals surface area contributed by atoms with Crippen LogP contribution >= 0.6 is 0 Å². The van der Waals surface area contributed by atoms with Crippen LogP contribution in [0.15, 0.2) is 66.4 Å². The van der Waals surface area contributed by atoms with E-state index in [2.05, 4.69) is 6.07 Å². The van der Waals surface area contributed by atoms with Crippen molar-refractivity contribution in [3.05, 3.63) is 77.5 Å². The second-order valence-corrected chi connectivity index (χ2v) is 6.78. The molecule has 2 aromatic carbocycles. The number of nitriles is 1. The van der Waals surface area contributed by atoms with Crippen LogP contribution in [-0.2, 0) is 19.1 Å². The summed E-state index contributed by atoms with van der Waals surface area (Å²) in [4.78, 5) is 24.8. The molecule has 30 heavy (non-hydrogen) atoms. The molecule has 1 unspecified atom stereocenters. The maximum absolute atomic E-state index is 12.8. The number of rotatable bonds is 4. The molecule has 0 bridgehead atoms. The van der Waals surface area contributed by atoms with Crippen LogP contribution in [0.5, 0.6) is 0 Å². The molecule has 2 aromatic rings. The van der Waals surface area contributed by atoms with Crippen LogP contribution in [0.4, 0.5) is 5.69 Å². The van der Waals surface area contributed by atoms with Crippen molar-refractivity contribution in [3.8, 4) is 6.07 Å². The van der Waals surface area contributed by atoms with E-state index in [4.69, 9.17) is 9.47 Å². The summed E-state index contributed by atoms with van der Waals surface area (Å²) >= 11 is 0. The number of hydrogen-bond donors (Lipinski definition) is 0. The van der Waals surface area contributed by atoms with E-state index in [0.717, 1.165) is 16.7 Å². The topological polar surface area (TPSA) is 82.9 Å². The number of nitrogens with zero attached hydrogens (tertiary/aromatic N) is 3. The monoisotopic (exact) mass is 401 g/mol. The van der Waals surface area contributed by atoms with Gasteiger partial charge in [-0.2, -0.15) is 5.26 Å². The molecule has 0 radical (unpaired) electrons. The first-order chi connectivity index (χ1) is 14.6. The Labute approximate surface area is 174 Å². The first kappa shape index (κ1) is 19.3. The Morgan fingerprint density at radius 1 is 1.00 bits per heavy atom. The largest absolute Gasteiger partial charge is 0.469 e. The lowest BCUT2D eigenvalue weighted by Gasteiger charge is -2.37. The number of methoxy groups -OCH3 is 2. The summed E-state index contributed by atoms with van der Waals surface area (Å²) in [6.07, 6.45) is 1.84. The highest BCUT2D eigenvalue weighted by atomic mass is 16.5. The summed E-state index contributed by atoms with van der Waals surface area (Å²) in [5, 5.41) is 13.5. The van der Waals surface area contributed by atoms with E-state index in [-0.39, 0.29) is 18.0 Å². The number of fused-ring (bicyclic) bond motifs is 3. The standard InChI is InChI=1S/C23H19N3O4/c1-29-20(27)12-15-14-25-21(18-11-7-6-10-17(15)18)19(13-24)22(23(28)30-2)26(25)16-8-4-3-5-9-16/h3-11,14,22H,12H2,1-2H3. The minimum absolute atomic E-state index is 0.0602. The zero-order chi connectivity index (χ0) is 21.3. The first-order valence-corrected chi connectivity index (χ1v) is 9.33. The fourth-order valence-electron chi connectivity index (χ4n) is 3.86. The molecule has 0 amide bonds. The molecule has 2 aliphatic rings. The number of carbonyl (C=O) groups excluding carboxylic acids is 2. The summed E-state index contributed by atoms with van der Waals surface area (Å²) in [6.45, 7) is 0. The molecular weight excluding hydrogens is 382 g/mol. The second-order valence-electron chi connectivity index (χ2n) is 6.78. The molecule has 0 saturated heterocycles. The molecule has 0 N–H and O–H groups in total. The van der Waals surface area contributed by atoms with Gasteiger partial charge in [0.2, 0.25) is 0 Å². The number of carbonyl (C=O) groups is 2. The van der Waals surface area contributed by atoms with Crippen molar-refractivity contribution in [2.45, 2.75) is 12.5 Å². The van der Waals surface area contributed by atoms with E-state index >= 15 is 0 Å². The Balaban J connectivity index is 1.97. The van der Waals surface area contributed by atoms with E-state index in [9.17, 15) is 14.9 Å². The quantitative estimate of drug-likeness (QED) is 0.728. The van der Waals surface area contributed by atoms with Crippen molar-refractivity contribution in [3.63, 3.8) is 0 Å². The summed E-state index contributed by atoms with van der Waals surface area (Å²) in [7, 11) is 2.64. The molecule has 1 atom stereocenters. The molecular formula is C23H19N3O4. The van der Waals surface area contributed by atoms with Crippen LogP contribution in [0.3, 0.4) is 0 Å². The van der Waals surface area contributed by atoms with Crippen molar-refractivity contribution in [2.75, 3.05) is 19.2 Å². The van der Waals surface area contributed by atoms with Crippen molar-refractivity contribution >= 4 is 28.9 Å². The van der Waals surface area contributed by atoms with Gasteiger partial charge in [-0.3, -0.25) is 14.8 Å². The number of hydrogen-bond acceptors (Lipinski definition) is 7. The van der Waals surface area contributed by atoms with Crippen LogP contribution in [0.25, 0.3) is 11.3 Å². The van der Waals surface area contributed by atoms with Crippen molar-refractivity contribution < 1.29 is 19.1 Å². The molecule has 7 nitrogen and oxygen atoms in total. The molecule has 0 saturated carbocycles. The van der Waals surface area contributed by atoms with Gasteiger partial charge in [0.25, 0.3) is 0 Å². The zero-order valence-corrected chi connectivity index (χ0v) is 16.5. The van der Waals surface area contributed by atoms with E-state index in [1.165, 1.54) is 14.2 Å². The zero-order valence-electron chi connectivity index (χ0n) is 16.5. The lowest BCUT2D eigenvalue weighted by molar-refractivity contribution is -0.141. The van der Waals surface area contributed by atoms with Gasteiger partial charge < -0.3 is 9.47 Å². The van der Waals surface area contributed by atoms with E-state index in [0.29, 0.717) is 11.4 Å². The number of esters is 2. The molecule has 4 rings (SSSR count). The molecule has 2 heterocycles. The van der Waals surface area contributed by atoms with E-state index in [1.54, 1.807) is 16.2 Å². The molecule has 0 spiro atoms. The van der Waals surface area contributed by atoms with E-state index in [1.807, 2.05) is 54.6 Å². The van der Waals surface area contributed by atoms with Crippen LogP contribution in [-0.4, -0.2) is 37.2 Å². The molecule has 150 valence electrons. The van der Waals surface area contributed by atoms with Crippen molar-refractivity contribution in [1.82, 2.24) is 5.01 Å². The highest BCUT2D eigenvalue weighted by Crippen LogP contribution is 2.45. The number of benzene rings is 2.